The first-order chi connectivity index (χ1) is 8.28. The van der Waals surface area contributed by atoms with Gasteiger partial charge in [-0.3, -0.25) is 0 Å². The smallest absolute Gasteiger partial charge is 0.213 e. The highest BCUT2D eigenvalue weighted by Crippen LogP contribution is 2.48. The first kappa shape index (κ1) is 12.7. The minimum atomic E-state index is 0.473. The summed E-state index contributed by atoms with van der Waals surface area (Å²) in [6, 6.07) is 5.84. The van der Waals surface area contributed by atoms with Crippen LogP contribution < -0.4 is 10.1 Å². The Morgan fingerprint density at radius 2 is 2.29 bits per heavy atom. The Morgan fingerprint density at radius 1 is 1.47 bits per heavy atom. The third-order valence-corrected chi connectivity index (χ3v) is 3.57. The fourth-order valence-corrected chi connectivity index (χ4v) is 2.42. The number of hydrogen-bond donors (Lipinski definition) is 1. The second-order valence-corrected chi connectivity index (χ2v) is 5.09. The molecule has 1 heterocycles. The maximum atomic E-state index is 5.80. The highest BCUT2D eigenvalue weighted by Gasteiger charge is 2.41. The van der Waals surface area contributed by atoms with Crippen LogP contribution in [0.15, 0.2) is 18.2 Å². The molecule has 0 spiro atoms. The number of nitrogens with zero attached hydrogens (tertiary/aromatic N) is 1. The lowest BCUT2D eigenvalue weighted by atomic mass is 10.0. The number of rotatable bonds is 7. The number of pyridine rings is 1. The number of halogens is 1. The number of nitrogens with one attached hydrogen (secondary N) is 1. The van der Waals surface area contributed by atoms with Gasteiger partial charge in [-0.25, -0.2) is 4.98 Å². The van der Waals surface area contributed by atoms with Crippen LogP contribution in [0.5, 0.6) is 5.88 Å². The number of ether oxygens (including phenoxy) is 1. The molecule has 3 nitrogen and oxygen atoms in total. The third kappa shape index (κ3) is 3.58. The van der Waals surface area contributed by atoms with Gasteiger partial charge in [-0.2, -0.15) is 0 Å². The van der Waals surface area contributed by atoms with Gasteiger partial charge in [0.1, 0.15) is 0 Å². The van der Waals surface area contributed by atoms with E-state index in [0.29, 0.717) is 11.3 Å². The molecular weight excluding hydrogens is 236 g/mol. The van der Waals surface area contributed by atoms with E-state index in [1.54, 1.807) is 7.11 Å². The molecule has 1 aliphatic rings. The van der Waals surface area contributed by atoms with E-state index in [2.05, 4.69) is 10.3 Å². The maximum absolute atomic E-state index is 5.80. The van der Waals surface area contributed by atoms with E-state index >= 15 is 0 Å². The number of hydrogen-bond acceptors (Lipinski definition) is 3. The summed E-state index contributed by atoms with van der Waals surface area (Å²) in [6.07, 6.45) is 3.73. The lowest BCUT2D eigenvalue weighted by Crippen LogP contribution is -2.24. The van der Waals surface area contributed by atoms with Gasteiger partial charge in [0.15, 0.2) is 0 Å². The summed E-state index contributed by atoms with van der Waals surface area (Å²) >= 11 is 5.80. The predicted octanol–water partition coefficient (Wildman–Crippen LogP) is 2.59. The Balaban J connectivity index is 1.78. The van der Waals surface area contributed by atoms with Gasteiger partial charge in [0, 0.05) is 25.0 Å². The van der Waals surface area contributed by atoms with Crippen molar-refractivity contribution in [1.82, 2.24) is 10.3 Å². The van der Waals surface area contributed by atoms with Crippen molar-refractivity contribution in [3.05, 3.63) is 23.9 Å². The molecule has 0 aromatic carbocycles. The van der Waals surface area contributed by atoms with Crippen LogP contribution in [0.2, 0.25) is 0 Å². The van der Waals surface area contributed by atoms with Crippen molar-refractivity contribution >= 4 is 11.6 Å². The SMILES string of the molecule is COc1cccc(CNCC2(CCCl)CC2)n1. The Hall–Kier alpha value is -0.800. The van der Waals surface area contributed by atoms with Crippen molar-refractivity contribution in [2.24, 2.45) is 5.41 Å². The van der Waals surface area contributed by atoms with E-state index in [1.165, 1.54) is 12.8 Å². The average molecular weight is 255 g/mol. The molecule has 1 N–H and O–H groups in total. The topological polar surface area (TPSA) is 34.1 Å². The standard InChI is InChI=1S/C13H19ClN2O/c1-17-12-4-2-3-11(16-12)9-15-10-13(5-6-13)7-8-14/h2-4,15H,5-10H2,1H3. The molecule has 1 saturated carbocycles. The van der Waals surface area contributed by atoms with Gasteiger partial charge in [-0.15, -0.1) is 11.6 Å². The molecule has 0 radical (unpaired) electrons. The van der Waals surface area contributed by atoms with E-state index in [9.17, 15) is 0 Å². The zero-order valence-electron chi connectivity index (χ0n) is 10.2. The van der Waals surface area contributed by atoms with E-state index in [-0.39, 0.29) is 0 Å². The molecule has 0 aliphatic heterocycles. The van der Waals surface area contributed by atoms with Gasteiger partial charge in [0.05, 0.1) is 12.8 Å². The van der Waals surface area contributed by atoms with Crippen LogP contribution in [0.4, 0.5) is 0 Å². The molecule has 0 unspecified atom stereocenters. The fraction of sp³-hybridized carbons (Fsp3) is 0.615. The first-order valence-electron chi connectivity index (χ1n) is 6.05. The molecule has 17 heavy (non-hydrogen) atoms. The van der Waals surface area contributed by atoms with Gasteiger partial charge in [-0.05, 0) is 30.7 Å². The second kappa shape index (κ2) is 5.69. The minimum Gasteiger partial charge on any atom is -0.481 e. The maximum Gasteiger partial charge on any atom is 0.213 e. The number of aromatic nitrogens is 1. The monoisotopic (exact) mass is 254 g/mol. The van der Waals surface area contributed by atoms with Gasteiger partial charge in [0.2, 0.25) is 5.88 Å². The summed E-state index contributed by atoms with van der Waals surface area (Å²) in [5, 5.41) is 3.46. The van der Waals surface area contributed by atoms with Gasteiger partial charge < -0.3 is 10.1 Å². The van der Waals surface area contributed by atoms with Crippen LogP contribution in [0, 0.1) is 5.41 Å². The Bertz CT molecular complexity index is 366. The molecule has 1 fully saturated rings. The molecular formula is C13H19ClN2O. The van der Waals surface area contributed by atoms with Crippen LogP contribution in [0.25, 0.3) is 0 Å². The third-order valence-electron chi connectivity index (χ3n) is 3.38. The summed E-state index contributed by atoms with van der Waals surface area (Å²) in [4.78, 5) is 4.37. The van der Waals surface area contributed by atoms with Crippen molar-refractivity contribution in [3.8, 4) is 5.88 Å². The summed E-state index contributed by atoms with van der Waals surface area (Å²) in [6.45, 7) is 1.83. The Morgan fingerprint density at radius 3 is 2.94 bits per heavy atom. The molecule has 2 rings (SSSR count). The minimum absolute atomic E-state index is 0.473. The lowest BCUT2D eigenvalue weighted by molar-refractivity contribution is 0.394. The van der Waals surface area contributed by atoms with Crippen molar-refractivity contribution in [2.75, 3.05) is 19.5 Å². The van der Waals surface area contributed by atoms with E-state index in [1.807, 2.05) is 18.2 Å². The molecule has 1 aromatic heterocycles. The highest BCUT2D eigenvalue weighted by molar-refractivity contribution is 6.17. The normalized spacial score (nSPS) is 16.8. The number of methoxy groups -OCH3 is 1. The lowest BCUT2D eigenvalue weighted by Gasteiger charge is -2.14. The summed E-state index contributed by atoms with van der Waals surface area (Å²) < 4.78 is 5.10. The fourth-order valence-electron chi connectivity index (χ4n) is 2.02. The molecule has 1 aromatic rings. The van der Waals surface area contributed by atoms with Gasteiger partial charge in [-0.1, -0.05) is 6.07 Å². The molecule has 0 bridgehead atoms. The van der Waals surface area contributed by atoms with E-state index in [0.717, 1.165) is 31.1 Å². The van der Waals surface area contributed by atoms with Crippen LogP contribution in [-0.4, -0.2) is 24.5 Å². The Labute approximate surface area is 108 Å². The molecule has 0 amide bonds. The van der Waals surface area contributed by atoms with Gasteiger partial charge >= 0.3 is 0 Å². The first-order valence-corrected chi connectivity index (χ1v) is 6.58. The quantitative estimate of drug-likeness (QED) is 0.760. The summed E-state index contributed by atoms with van der Waals surface area (Å²) in [5.74, 6) is 1.44. The molecule has 4 heteroatoms. The predicted molar refractivity (Wildman–Crippen MR) is 69.5 cm³/mol. The zero-order valence-corrected chi connectivity index (χ0v) is 11.0. The van der Waals surface area contributed by atoms with E-state index < -0.39 is 0 Å². The van der Waals surface area contributed by atoms with Crippen molar-refractivity contribution in [1.29, 1.82) is 0 Å². The summed E-state index contributed by atoms with van der Waals surface area (Å²) in [7, 11) is 1.64. The van der Waals surface area contributed by atoms with Crippen molar-refractivity contribution in [3.63, 3.8) is 0 Å². The molecule has 94 valence electrons. The molecule has 1 aliphatic carbocycles. The molecule has 0 saturated heterocycles. The largest absolute Gasteiger partial charge is 0.481 e. The van der Waals surface area contributed by atoms with Crippen molar-refractivity contribution in [2.45, 2.75) is 25.8 Å². The highest BCUT2D eigenvalue weighted by atomic mass is 35.5. The van der Waals surface area contributed by atoms with Crippen LogP contribution in [-0.2, 0) is 6.54 Å². The van der Waals surface area contributed by atoms with Crippen LogP contribution in [0.3, 0.4) is 0 Å². The Kier molecular flexibility index (Phi) is 4.24. The molecule has 0 atom stereocenters. The van der Waals surface area contributed by atoms with Crippen LogP contribution >= 0.6 is 11.6 Å². The second-order valence-electron chi connectivity index (χ2n) is 4.71. The van der Waals surface area contributed by atoms with Gasteiger partial charge in [0.25, 0.3) is 0 Å². The van der Waals surface area contributed by atoms with E-state index in [4.69, 9.17) is 16.3 Å². The number of alkyl halides is 1. The van der Waals surface area contributed by atoms with Crippen LogP contribution in [0.1, 0.15) is 25.0 Å². The summed E-state index contributed by atoms with van der Waals surface area (Å²) in [5.41, 5.74) is 1.49. The zero-order chi connectivity index (χ0) is 12.1. The average Bonchev–Trinajstić information content (AvgIpc) is 3.10. The van der Waals surface area contributed by atoms with Crippen molar-refractivity contribution < 1.29 is 4.74 Å².